The number of nitrogens with one attached hydrogen (secondary N) is 1. The quantitative estimate of drug-likeness (QED) is 0.859. The Labute approximate surface area is 130 Å². The van der Waals surface area contributed by atoms with E-state index in [9.17, 15) is 14.3 Å². The van der Waals surface area contributed by atoms with Crippen LogP contribution in [0.3, 0.4) is 0 Å². The molecule has 110 valence electrons. The predicted octanol–water partition coefficient (Wildman–Crippen LogP) is 3.79. The van der Waals surface area contributed by atoms with Crippen LogP contribution in [0.4, 0.5) is 10.1 Å². The highest BCUT2D eigenvalue weighted by molar-refractivity contribution is 9.10. The molecule has 6 heteroatoms. The van der Waals surface area contributed by atoms with Gasteiger partial charge in [0.1, 0.15) is 5.82 Å². The van der Waals surface area contributed by atoms with Crippen molar-refractivity contribution in [3.8, 4) is 0 Å². The summed E-state index contributed by atoms with van der Waals surface area (Å²) in [6, 6.07) is 9.78. The van der Waals surface area contributed by atoms with Gasteiger partial charge in [0.15, 0.2) is 5.54 Å². The van der Waals surface area contributed by atoms with Gasteiger partial charge >= 0.3 is 5.97 Å². The maximum atomic E-state index is 13.0. The largest absolute Gasteiger partial charge is 0.479 e. The van der Waals surface area contributed by atoms with Crippen molar-refractivity contribution in [1.29, 1.82) is 0 Å². The number of nitrogens with zero attached hydrogens (tertiary/aromatic N) is 1. The molecule has 1 atom stereocenters. The third-order valence-electron chi connectivity index (χ3n) is 3.24. The topological polar surface area (TPSA) is 62.2 Å². The SMILES string of the molecule is CCC(Nc1cccc(Br)c1)(C(=O)O)c1ccc(F)cn1. The molecule has 0 bridgehead atoms. The number of carboxylic acids is 1. The molecule has 21 heavy (non-hydrogen) atoms. The van der Waals surface area contributed by atoms with E-state index in [2.05, 4.69) is 26.2 Å². The number of aromatic nitrogens is 1. The molecule has 0 saturated carbocycles. The van der Waals surface area contributed by atoms with Crippen LogP contribution in [0.25, 0.3) is 0 Å². The van der Waals surface area contributed by atoms with Crippen LogP contribution in [-0.4, -0.2) is 16.1 Å². The number of halogens is 2. The summed E-state index contributed by atoms with van der Waals surface area (Å²) >= 11 is 3.34. The monoisotopic (exact) mass is 352 g/mol. The van der Waals surface area contributed by atoms with Gasteiger partial charge in [0, 0.05) is 10.2 Å². The number of hydrogen-bond acceptors (Lipinski definition) is 3. The normalized spacial score (nSPS) is 13.5. The Morgan fingerprint density at radius 1 is 1.43 bits per heavy atom. The van der Waals surface area contributed by atoms with Gasteiger partial charge in [-0.25, -0.2) is 9.18 Å². The molecule has 1 unspecified atom stereocenters. The van der Waals surface area contributed by atoms with Crippen molar-refractivity contribution in [2.45, 2.75) is 18.9 Å². The summed E-state index contributed by atoms with van der Waals surface area (Å²) in [5, 5.41) is 12.7. The van der Waals surface area contributed by atoms with Gasteiger partial charge in [-0.15, -0.1) is 0 Å². The van der Waals surface area contributed by atoms with Crippen LogP contribution in [0.15, 0.2) is 47.1 Å². The fraction of sp³-hybridized carbons (Fsp3) is 0.200. The first kappa shape index (κ1) is 15.4. The van der Waals surface area contributed by atoms with Crippen molar-refractivity contribution in [3.05, 3.63) is 58.6 Å². The Hall–Kier alpha value is -1.95. The molecule has 2 N–H and O–H groups in total. The van der Waals surface area contributed by atoms with Crippen molar-refractivity contribution >= 4 is 27.6 Å². The molecular formula is C15H14BrFN2O2. The highest BCUT2D eigenvalue weighted by Gasteiger charge is 2.40. The van der Waals surface area contributed by atoms with E-state index in [1.54, 1.807) is 25.1 Å². The molecule has 1 aromatic heterocycles. The van der Waals surface area contributed by atoms with Gasteiger partial charge in [0.05, 0.1) is 11.9 Å². The fourth-order valence-corrected chi connectivity index (χ4v) is 2.49. The van der Waals surface area contributed by atoms with Gasteiger partial charge in [-0.1, -0.05) is 28.9 Å². The van der Waals surface area contributed by atoms with E-state index in [1.165, 1.54) is 12.1 Å². The molecule has 0 saturated heterocycles. The zero-order valence-corrected chi connectivity index (χ0v) is 12.9. The van der Waals surface area contributed by atoms with Gasteiger partial charge in [0.25, 0.3) is 0 Å². The minimum atomic E-state index is -1.41. The first-order valence-electron chi connectivity index (χ1n) is 6.37. The zero-order chi connectivity index (χ0) is 15.5. The third kappa shape index (κ3) is 3.21. The minimum absolute atomic E-state index is 0.257. The van der Waals surface area contributed by atoms with E-state index in [1.807, 2.05) is 6.07 Å². The Kier molecular flexibility index (Phi) is 4.57. The van der Waals surface area contributed by atoms with Gasteiger partial charge < -0.3 is 10.4 Å². The average molecular weight is 353 g/mol. The second-order valence-electron chi connectivity index (χ2n) is 4.56. The summed E-state index contributed by atoms with van der Waals surface area (Å²) < 4.78 is 13.9. The molecule has 0 amide bonds. The van der Waals surface area contributed by atoms with Crippen LogP contribution in [0, 0.1) is 5.82 Å². The molecular weight excluding hydrogens is 339 g/mol. The summed E-state index contributed by atoms with van der Waals surface area (Å²) in [7, 11) is 0. The Morgan fingerprint density at radius 3 is 2.71 bits per heavy atom. The highest BCUT2D eigenvalue weighted by Crippen LogP contribution is 2.30. The Morgan fingerprint density at radius 2 is 2.19 bits per heavy atom. The van der Waals surface area contributed by atoms with Crippen molar-refractivity contribution in [2.75, 3.05) is 5.32 Å². The molecule has 2 rings (SSSR count). The number of carboxylic acid groups (broad SMARTS) is 1. The van der Waals surface area contributed by atoms with E-state index in [0.29, 0.717) is 5.69 Å². The molecule has 0 radical (unpaired) electrons. The van der Waals surface area contributed by atoms with Gasteiger partial charge in [-0.2, -0.15) is 0 Å². The summed E-state index contributed by atoms with van der Waals surface area (Å²) in [6.45, 7) is 1.74. The maximum absolute atomic E-state index is 13.0. The van der Waals surface area contributed by atoms with E-state index >= 15 is 0 Å². The van der Waals surface area contributed by atoms with Gasteiger partial charge in [0.2, 0.25) is 0 Å². The van der Waals surface area contributed by atoms with Gasteiger partial charge in [-0.3, -0.25) is 4.98 Å². The lowest BCUT2D eigenvalue weighted by Crippen LogP contribution is -2.43. The summed E-state index contributed by atoms with van der Waals surface area (Å²) in [4.78, 5) is 15.8. The zero-order valence-electron chi connectivity index (χ0n) is 11.3. The minimum Gasteiger partial charge on any atom is -0.479 e. The molecule has 2 aromatic rings. The van der Waals surface area contributed by atoms with Crippen molar-refractivity contribution in [3.63, 3.8) is 0 Å². The smallest absolute Gasteiger partial charge is 0.335 e. The number of rotatable bonds is 5. The average Bonchev–Trinajstić information content (AvgIpc) is 2.45. The number of pyridine rings is 1. The Bertz CT molecular complexity index is 648. The van der Waals surface area contributed by atoms with E-state index in [0.717, 1.165) is 10.7 Å². The van der Waals surface area contributed by atoms with Crippen LogP contribution in [0.1, 0.15) is 19.0 Å². The maximum Gasteiger partial charge on any atom is 0.335 e. The molecule has 1 heterocycles. The number of anilines is 1. The number of aliphatic carboxylic acids is 1. The number of benzene rings is 1. The summed E-state index contributed by atoms with van der Waals surface area (Å²) in [5.41, 5.74) is -0.507. The van der Waals surface area contributed by atoms with Crippen LogP contribution < -0.4 is 5.32 Å². The molecule has 0 aliphatic rings. The second-order valence-corrected chi connectivity index (χ2v) is 5.48. The lowest BCUT2D eigenvalue weighted by molar-refractivity contribution is -0.143. The van der Waals surface area contributed by atoms with Crippen molar-refractivity contribution < 1.29 is 14.3 Å². The Balaban J connectivity index is 2.46. The fourth-order valence-electron chi connectivity index (χ4n) is 2.09. The molecule has 0 aliphatic carbocycles. The van der Waals surface area contributed by atoms with Gasteiger partial charge in [-0.05, 0) is 36.8 Å². The van der Waals surface area contributed by atoms with Crippen LogP contribution in [0.5, 0.6) is 0 Å². The molecule has 4 nitrogen and oxygen atoms in total. The molecule has 0 spiro atoms. The highest BCUT2D eigenvalue weighted by atomic mass is 79.9. The number of hydrogen-bond donors (Lipinski definition) is 2. The van der Waals surface area contributed by atoms with Crippen molar-refractivity contribution in [2.24, 2.45) is 0 Å². The van der Waals surface area contributed by atoms with Crippen LogP contribution >= 0.6 is 15.9 Å². The predicted molar refractivity (Wildman–Crippen MR) is 81.6 cm³/mol. The van der Waals surface area contributed by atoms with Crippen molar-refractivity contribution in [1.82, 2.24) is 4.98 Å². The first-order chi connectivity index (χ1) is 9.98. The summed E-state index contributed by atoms with van der Waals surface area (Å²) in [5.74, 6) is -1.57. The molecule has 0 aliphatic heterocycles. The number of carbonyl (C=O) groups is 1. The van der Waals surface area contributed by atoms with Crippen LogP contribution in [-0.2, 0) is 10.3 Å². The standard InChI is InChI=1S/C15H14BrFN2O2/c1-2-15(14(20)21,13-7-6-11(17)9-18-13)19-12-5-3-4-10(16)8-12/h3-9,19H,2H2,1H3,(H,20,21). The van der Waals surface area contributed by atoms with E-state index in [4.69, 9.17) is 0 Å². The van der Waals surface area contributed by atoms with E-state index in [-0.39, 0.29) is 12.1 Å². The third-order valence-corrected chi connectivity index (χ3v) is 3.74. The second kappa shape index (κ2) is 6.22. The lowest BCUT2D eigenvalue weighted by Gasteiger charge is -2.30. The van der Waals surface area contributed by atoms with E-state index < -0.39 is 17.3 Å². The lowest BCUT2D eigenvalue weighted by atomic mass is 9.91. The molecule has 1 aromatic carbocycles. The van der Waals surface area contributed by atoms with Crippen LogP contribution in [0.2, 0.25) is 0 Å². The first-order valence-corrected chi connectivity index (χ1v) is 7.16. The summed E-state index contributed by atoms with van der Waals surface area (Å²) in [6.07, 6.45) is 1.28. The molecule has 0 fully saturated rings.